The van der Waals surface area contributed by atoms with Crippen LogP contribution in [0.3, 0.4) is 0 Å². The molecule has 11 nitrogen and oxygen atoms in total. The molecule has 0 saturated carbocycles. The van der Waals surface area contributed by atoms with Crippen molar-refractivity contribution >= 4 is 34.9 Å². The third-order valence-electron chi connectivity index (χ3n) is 4.57. The Balaban J connectivity index is 1.42. The van der Waals surface area contributed by atoms with Crippen LogP contribution in [0.25, 0.3) is 0 Å². The Morgan fingerprint density at radius 3 is 2.48 bits per heavy atom. The van der Waals surface area contributed by atoms with E-state index >= 15 is 0 Å². The van der Waals surface area contributed by atoms with Crippen molar-refractivity contribution in [3.05, 3.63) is 64.0 Å². The summed E-state index contributed by atoms with van der Waals surface area (Å²) in [5.74, 6) is 0.110. The normalized spacial score (nSPS) is 13.6. The predicted octanol–water partition coefficient (Wildman–Crippen LogP) is 3.12. The zero-order valence-electron chi connectivity index (χ0n) is 16.7. The van der Waals surface area contributed by atoms with E-state index in [9.17, 15) is 14.9 Å². The number of nitrogens with one attached hydrogen (secondary N) is 2. The lowest BCUT2D eigenvalue weighted by atomic mass is 10.2. The Morgan fingerprint density at radius 1 is 1.10 bits per heavy atom. The molecule has 1 aromatic carbocycles. The van der Waals surface area contributed by atoms with Crippen LogP contribution in [0.2, 0.25) is 0 Å². The fourth-order valence-corrected chi connectivity index (χ4v) is 3.07. The highest BCUT2D eigenvalue weighted by Gasteiger charge is 2.17. The van der Waals surface area contributed by atoms with Gasteiger partial charge in [-0.3, -0.25) is 14.9 Å². The molecule has 1 aliphatic heterocycles. The van der Waals surface area contributed by atoms with Crippen molar-refractivity contribution in [1.29, 1.82) is 0 Å². The summed E-state index contributed by atoms with van der Waals surface area (Å²) in [4.78, 5) is 33.3. The molecule has 2 aromatic heterocycles. The molecular weight excluding hydrogens is 404 g/mol. The fourth-order valence-electron chi connectivity index (χ4n) is 3.07. The summed E-state index contributed by atoms with van der Waals surface area (Å²) < 4.78 is 10.3. The second-order valence-corrected chi connectivity index (χ2v) is 6.84. The van der Waals surface area contributed by atoms with Crippen LogP contribution in [0.4, 0.5) is 29.0 Å². The highest BCUT2D eigenvalue weighted by atomic mass is 16.6. The van der Waals surface area contributed by atoms with Gasteiger partial charge in [0.05, 0.1) is 19.3 Å². The fraction of sp³-hybridized carbons (Fsp3) is 0.250. The molecule has 1 aliphatic rings. The van der Waals surface area contributed by atoms with Gasteiger partial charge in [0.25, 0.3) is 5.91 Å². The summed E-state index contributed by atoms with van der Waals surface area (Å²) in [6, 6.07) is 11.2. The molecule has 0 spiro atoms. The van der Waals surface area contributed by atoms with Gasteiger partial charge in [-0.15, -0.1) is 0 Å². The molecule has 1 saturated heterocycles. The van der Waals surface area contributed by atoms with E-state index in [2.05, 4.69) is 25.5 Å². The van der Waals surface area contributed by atoms with E-state index in [1.54, 1.807) is 24.3 Å². The van der Waals surface area contributed by atoms with E-state index in [0.717, 1.165) is 36.4 Å². The number of hydrogen-bond donors (Lipinski definition) is 2. The summed E-state index contributed by atoms with van der Waals surface area (Å²) in [6.45, 7) is 4.81. The smallest absolute Gasteiger partial charge is 0.395 e. The van der Waals surface area contributed by atoms with Gasteiger partial charge in [0.15, 0.2) is 5.76 Å². The molecule has 1 amide bonds. The number of ether oxygens (including phenoxy) is 1. The van der Waals surface area contributed by atoms with Crippen LogP contribution >= 0.6 is 0 Å². The molecule has 3 heterocycles. The van der Waals surface area contributed by atoms with E-state index < -0.39 is 16.7 Å². The largest absolute Gasteiger partial charge is 0.433 e. The number of nitro groups is 1. The van der Waals surface area contributed by atoms with Gasteiger partial charge in [-0.05, 0) is 37.3 Å². The number of hydrogen-bond acceptors (Lipinski definition) is 9. The van der Waals surface area contributed by atoms with Crippen LogP contribution in [0.5, 0.6) is 0 Å². The summed E-state index contributed by atoms with van der Waals surface area (Å²) in [5, 5.41) is 16.5. The van der Waals surface area contributed by atoms with E-state index in [-0.39, 0.29) is 5.76 Å². The molecule has 11 heteroatoms. The SMILES string of the molecule is Cc1cc(N2CCOCC2)nc(Nc2ccc(NC(=O)c3ccc([N+](=O)[O-])o3)cc2)n1. The first-order valence-corrected chi connectivity index (χ1v) is 9.59. The minimum Gasteiger partial charge on any atom is -0.395 e. The Labute approximate surface area is 177 Å². The Kier molecular flexibility index (Phi) is 5.76. The molecular formula is C20H20N6O5. The number of carbonyl (C=O) groups is 1. The number of nitrogens with zero attached hydrogens (tertiary/aromatic N) is 4. The average molecular weight is 424 g/mol. The number of anilines is 4. The van der Waals surface area contributed by atoms with Crippen molar-refractivity contribution in [3.63, 3.8) is 0 Å². The zero-order chi connectivity index (χ0) is 21.8. The third kappa shape index (κ3) is 4.95. The molecule has 0 bridgehead atoms. The Bertz CT molecular complexity index is 1090. The maximum absolute atomic E-state index is 12.2. The Morgan fingerprint density at radius 2 is 1.81 bits per heavy atom. The van der Waals surface area contributed by atoms with Gasteiger partial charge in [-0.2, -0.15) is 4.98 Å². The lowest BCUT2D eigenvalue weighted by Gasteiger charge is -2.28. The van der Waals surface area contributed by atoms with Crippen LogP contribution in [-0.4, -0.2) is 47.1 Å². The highest BCUT2D eigenvalue weighted by molar-refractivity contribution is 6.02. The van der Waals surface area contributed by atoms with E-state index in [4.69, 9.17) is 9.15 Å². The minimum absolute atomic E-state index is 0.141. The molecule has 31 heavy (non-hydrogen) atoms. The quantitative estimate of drug-likeness (QED) is 0.452. The maximum Gasteiger partial charge on any atom is 0.433 e. The lowest BCUT2D eigenvalue weighted by molar-refractivity contribution is -0.402. The lowest BCUT2D eigenvalue weighted by Crippen LogP contribution is -2.36. The molecule has 0 radical (unpaired) electrons. The summed E-state index contributed by atoms with van der Waals surface area (Å²) in [5.41, 5.74) is 2.09. The first kappa shape index (κ1) is 20.3. The standard InChI is InChI=1S/C20H20N6O5/c1-13-12-17(25-8-10-30-11-9-25)24-20(21-13)23-15-4-2-14(3-5-15)22-19(27)16-6-7-18(31-16)26(28)29/h2-7,12H,8-11H2,1H3,(H,22,27)(H,21,23,24). The number of aryl methyl sites for hydroxylation is 1. The summed E-state index contributed by atoms with van der Waals surface area (Å²) in [6.07, 6.45) is 0. The molecule has 3 aromatic rings. The van der Waals surface area contributed by atoms with Gasteiger partial charge in [-0.25, -0.2) is 4.98 Å². The average Bonchev–Trinajstić information content (AvgIpc) is 3.26. The molecule has 160 valence electrons. The topological polar surface area (TPSA) is 136 Å². The van der Waals surface area contributed by atoms with E-state index in [1.807, 2.05) is 13.0 Å². The number of carbonyl (C=O) groups excluding carboxylic acids is 1. The molecule has 1 fully saturated rings. The van der Waals surface area contributed by atoms with Gasteiger partial charge in [0.2, 0.25) is 5.95 Å². The van der Waals surface area contributed by atoms with Crippen LogP contribution < -0.4 is 15.5 Å². The van der Waals surface area contributed by atoms with E-state index in [0.29, 0.717) is 24.8 Å². The van der Waals surface area contributed by atoms with Gasteiger partial charge >= 0.3 is 5.88 Å². The first-order valence-electron chi connectivity index (χ1n) is 9.59. The van der Waals surface area contributed by atoms with Crippen molar-refractivity contribution in [3.8, 4) is 0 Å². The number of benzene rings is 1. The van der Waals surface area contributed by atoms with Crippen molar-refractivity contribution in [1.82, 2.24) is 9.97 Å². The minimum atomic E-state index is -0.699. The van der Waals surface area contributed by atoms with Crippen LogP contribution in [0.1, 0.15) is 16.2 Å². The Hall–Kier alpha value is -3.99. The number of rotatable bonds is 6. The maximum atomic E-state index is 12.2. The van der Waals surface area contributed by atoms with Crippen molar-refractivity contribution in [2.75, 3.05) is 41.8 Å². The van der Waals surface area contributed by atoms with Crippen LogP contribution in [0.15, 0.2) is 46.9 Å². The third-order valence-corrected chi connectivity index (χ3v) is 4.57. The second kappa shape index (κ2) is 8.79. The van der Waals surface area contributed by atoms with Gasteiger partial charge in [0.1, 0.15) is 10.7 Å². The molecule has 2 N–H and O–H groups in total. The number of morpholine rings is 1. The number of aromatic nitrogens is 2. The zero-order valence-corrected chi connectivity index (χ0v) is 16.7. The second-order valence-electron chi connectivity index (χ2n) is 6.84. The van der Waals surface area contributed by atoms with Crippen LogP contribution in [0, 0.1) is 17.0 Å². The molecule has 0 unspecified atom stereocenters. The predicted molar refractivity (Wildman–Crippen MR) is 113 cm³/mol. The summed E-state index contributed by atoms with van der Waals surface area (Å²) in [7, 11) is 0. The van der Waals surface area contributed by atoms with E-state index in [1.165, 1.54) is 6.07 Å². The van der Waals surface area contributed by atoms with Crippen molar-refractivity contribution in [2.24, 2.45) is 0 Å². The van der Waals surface area contributed by atoms with Gasteiger partial charge in [-0.1, -0.05) is 0 Å². The van der Waals surface area contributed by atoms with Gasteiger partial charge in [0, 0.05) is 36.2 Å². The number of furan rings is 1. The molecule has 0 atom stereocenters. The van der Waals surface area contributed by atoms with Crippen molar-refractivity contribution < 1.29 is 18.9 Å². The van der Waals surface area contributed by atoms with Crippen LogP contribution in [-0.2, 0) is 4.74 Å². The van der Waals surface area contributed by atoms with Gasteiger partial charge < -0.3 is 24.7 Å². The first-order chi connectivity index (χ1) is 15.0. The monoisotopic (exact) mass is 424 g/mol. The van der Waals surface area contributed by atoms with Crippen molar-refractivity contribution in [2.45, 2.75) is 6.92 Å². The summed E-state index contributed by atoms with van der Waals surface area (Å²) >= 11 is 0. The molecule has 0 aliphatic carbocycles. The number of amides is 1. The molecule has 4 rings (SSSR count). The highest BCUT2D eigenvalue weighted by Crippen LogP contribution is 2.22.